The van der Waals surface area contributed by atoms with Gasteiger partial charge < -0.3 is 24.4 Å². The van der Waals surface area contributed by atoms with Gasteiger partial charge in [0.05, 0.1) is 25.3 Å². The number of urea groups is 1. The van der Waals surface area contributed by atoms with Crippen LogP contribution < -0.4 is 10.2 Å². The summed E-state index contributed by atoms with van der Waals surface area (Å²) in [6, 6.07) is 17.9. The second-order valence-corrected chi connectivity index (χ2v) is 9.56. The van der Waals surface area contributed by atoms with E-state index in [1.54, 1.807) is 0 Å². The molecule has 36 heavy (non-hydrogen) atoms. The molecule has 1 fully saturated rings. The Bertz CT molecular complexity index is 1110. The quantitative estimate of drug-likeness (QED) is 0.461. The smallest absolute Gasteiger partial charge is 0.322 e. The minimum absolute atomic E-state index is 0.148. The van der Waals surface area contributed by atoms with Crippen LogP contribution in [0.5, 0.6) is 0 Å². The molecule has 1 aliphatic heterocycles. The number of nitrogens with one attached hydrogen (secondary N) is 1. The molecule has 1 aromatic heterocycles. The molecule has 1 aliphatic rings. The van der Waals surface area contributed by atoms with Gasteiger partial charge in [0.2, 0.25) is 5.88 Å². The highest BCUT2D eigenvalue weighted by Gasteiger charge is 2.26. The number of carbonyl (C=O) groups excluding carboxylic acids is 1. The molecular weight excluding hydrogens is 454 g/mol. The summed E-state index contributed by atoms with van der Waals surface area (Å²) in [5.41, 5.74) is 4.55. The number of hydrogen-bond acceptors (Lipinski definition) is 6. The third-order valence-electron chi connectivity index (χ3n) is 6.64. The number of rotatable bonds is 9. The number of aryl methyl sites for hydroxylation is 1. The van der Waals surface area contributed by atoms with Gasteiger partial charge in [-0.05, 0) is 32.9 Å². The maximum Gasteiger partial charge on any atom is 0.322 e. The van der Waals surface area contributed by atoms with Gasteiger partial charge in [0.15, 0.2) is 0 Å². The van der Waals surface area contributed by atoms with Crippen LogP contribution in [0.15, 0.2) is 59.1 Å². The van der Waals surface area contributed by atoms with Gasteiger partial charge >= 0.3 is 6.03 Å². The highest BCUT2D eigenvalue weighted by Crippen LogP contribution is 2.33. The number of amides is 2. The summed E-state index contributed by atoms with van der Waals surface area (Å²) in [5.74, 6) is 0.684. The molecule has 8 nitrogen and oxygen atoms in total. The molecular formula is C28H37N5O3. The van der Waals surface area contributed by atoms with E-state index in [4.69, 9.17) is 9.26 Å². The summed E-state index contributed by atoms with van der Waals surface area (Å²) in [6.45, 7) is 11.2. The fourth-order valence-electron chi connectivity index (χ4n) is 4.15. The number of anilines is 2. The van der Waals surface area contributed by atoms with Crippen molar-refractivity contribution in [3.05, 3.63) is 65.7 Å². The molecule has 0 bridgehead atoms. The molecule has 1 N–H and O–H groups in total. The largest absolute Gasteiger partial charge is 0.379 e. The van der Waals surface area contributed by atoms with Gasteiger partial charge in [0.25, 0.3) is 0 Å². The predicted octanol–water partition coefficient (Wildman–Crippen LogP) is 4.86. The Labute approximate surface area is 213 Å². The fourth-order valence-corrected chi connectivity index (χ4v) is 4.15. The first-order valence-electron chi connectivity index (χ1n) is 12.6. The Balaban J connectivity index is 1.63. The van der Waals surface area contributed by atoms with E-state index < -0.39 is 0 Å². The number of aromatic nitrogens is 1. The molecule has 1 saturated heterocycles. The van der Waals surface area contributed by atoms with E-state index in [2.05, 4.69) is 34.1 Å². The monoisotopic (exact) mass is 491 g/mol. The van der Waals surface area contributed by atoms with Crippen LogP contribution in [0.2, 0.25) is 0 Å². The lowest BCUT2D eigenvalue weighted by Crippen LogP contribution is -2.44. The van der Waals surface area contributed by atoms with Gasteiger partial charge in [0.1, 0.15) is 5.69 Å². The Morgan fingerprint density at radius 3 is 2.44 bits per heavy atom. The second-order valence-electron chi connectivity index (χ2n) is 9.56. The van der Waals surface area contributed by atoms with E-state index in [0.29, 0.717) is 19.0 Å². The first-order valence-corrected chi connectivity index (χ1v) is 12.6. The van der Waals surface area contributed by atoms with E-state index in [1.165, 1.54) is 0 Å². The van der Waals surface area contributed by atoms with E-state index in [1.807, 2.05) is 73.5 Å². The molecule has 2 amide bonds. The van der Waals surface area contributed by atoms with E-state index >= 15 is 0 Å². The highest BCUT2D eigenvalue weighted by molar-refractivity contribution is 5.89. The Hall–Kier alpha value is -3.36. The van der Waals surface area contributed by atoms with E-state index in [0.717, 1.165) is 60.9 Å². The molecule has 8 heteroatoms. The van der Waals surface area contributed by atoms with E-state index in [-0.39, 0.29) is 12.1 Å². The van der Waals surface area contributed by atoms with Crippen LogP contribution >= 0.6 is 0 Å². The molecule has 0 radical (unpaired) electrons. The summed E-state index contributed by atoms with van der Waals surface area (Å²) < 4.78 is 11.4. The fraction of sp³-hybridized carbons (Fsp3) is 0.429. The third kappa shape index (κ3) is 6.44. The lowest BCUT2D eigenvalue weighted by Gasteiger charge is -2.30. The number of nitrogens with zero attached hydrogens (tertiary/aromatic N) is 4. The Kier molecular flexibility index (Phi) is 8.61. The molecule has 0 saturated carbocycles. The van der Waals surface area contributed by atoms with Crippen molar-refractivity contribution in [2.45, 2.75) is 33.4 Å². The maximum atomic E-state index is 13.6. The van der Waals surface area contributed by atoms with Gasteiger partial charge in [-0.1, -0.05) is 53.2 Å². The lowest BCUT2D eigenvalue weighted by atomic mass is 10.1. The standard InChI is InChI=1S/C28H37N5O3/c1-21(2)31(4)27-25(26(30-36-27)23-8-6-5-7-9-23)20-33(15-14-32-16-18-35-19-17-32)28(34)29-24-12-10-22(3)11-13-24/h5-13,21H,14-20H2,1-4H3,(H,29,34). The molecule has 2 aromatic carbocycles. The van der Waals surface area contributed by atoms with Gasteiger partial charge in [-0.2, -0.15) is 0 Å². The zero-order valence-electron chi connectivity index (χ0n) is 21.7. The van der Waals surface area contributed by atoms with Crippen LogP contribution in [-0.4, -0.2) is 73.5 Å². The molecule has 0 spiro atoms. The molecule has 3 aromatic rings. The summed E-state index contributed by atoms with van der Waals surface area (Å²) in [5, 5.41) is 7.52. The van der Waals surface area contributed by atoms with Crippen molar-refractivity contribution in [3.8, 4) is 11.3 Å². The summed E-state index contributed by atoms with van der Waals surface area (Å²) >= 11 is 0. The number of ether oxygens (including phenoxy) is 1. The number of hydrogen-bond donors (Lipinski definition) is 1. The molecule has 2 heterocycles. The molecule has 4 rings (SSSR count). The molecule has 0 atom stereocenters. The van der Waals surface area contributed by atoms with Crippen molar-refractivity contribution in [3.63, 3.8) is 0 Å². The first kappa shape index (κ1) is 25.7. The van der Waals surface area contributed by atoms with E-state index in [9.17, 15) is 4.79 Å². The van der Waals surface area contributed by atoms with Crippen molar-refractivity contribution >= 4 is 17.6 Å². The Morgan fingerprint density at radius 1 is 1.08 bits per heavy atom. The Morgan fingerprint density at radius 2 is 1.78 bits per heavy atom. The van der Waals surface area contributed by atoms with Crippen LogP contribution in [0.1, 0.15) is 25.0 Å². The minimum atomic E-state index is -0.148. The van der Waals surface area contributed by atoms with Crippen molar-refractivity contribution < 1.29 is 14.1 Å². The summed E-state index contributed by atoms with van der Waals surface area (Å²) in [7, 11) is 1.99. The van der Waals surface area contributed by atoms with Crippen LogP contribution in [0.25, 0.3) is 11.3 Å². The van der Waals surface area contributed by atoms with Crippen LogP contribution in [0.4, 0.5) is 16.4 Å². The zero-order chi connectivity index (χ0) is 25.5. The topological polar surface area (TPSA) is 74.1 Å². The van der Waals surface area contributed by atoms with Gasteiger partial charge in [0, 0.05) is 50.5 Å². The molecule has 0 unspecified atom stereocenters. The predicted molar refractivity (Wildman–Crippen MR) is 143 cm³/mol. The number of carbonyl (C=O) groups is 1. The normalized spacial score (nSPS) is 14.1. The molecule has 0 aliphatic carbocycles. The van der Waals surface area contributed by atoms with Gasteiger partial charge in [-0.3, -0.25) is 4.90 Å². The average molecular weight is 492 g/mol. The SMILES string of the molecule is Cc1ccc(NC(=O)N(CCN2CCOCC2)Cc2c(-c3ccccc3)noc2N(C)C(C)C)cc1. The van der Waals surface area contributed by atoms with Crippen LogP contribution in [-0.2, 0) is 11.3 Å². The lowest BCUT2D eigenvalue weighted by molar-refractivity contribution is 0.0349. The van der Waals surface area contributed by atoms with Crippen LogP contribution in [0, 0.1) is 6.92 Å². The van der Waals surface area contributed by atoms with Crippen molar-refractivity contribution in [1.29, 1.82) is 0 Å². The summed E-state index contributed by atoms with van der Waals surface area (Å²) in [4.78, 5) is 19.8. The van der Waals surface area contributed by atoms with Crippen LogP contribution in [0.3, 0.4) is 0 Å². The van der Waals surface area contributed by atoms with Crippen molar-refractivity contribution in [2.24, 2.45) is 0 Å². The second kappa shape index (κ2) is 12.1. The number of benzene rings is 2. The average Bonchev–Trinajstić information content (AvgIpc) is 3.31. The zero-order valence-corrected chi connectivity index (χ0v) is 21.7. The molecule has 192 valence electrons. The minimum Gasteiger partial charge on any atom is -0.379 e. The maximum absolute atomic E-state index is 13.6. The van der Waals surface area contributed by atoms with Gasteiger partial charge in [-0.15, -0.1) is 0 Å². The van der Waals surface area contributed by atoms with Gasteiger partial charge in [-0.25, -0.2) is 4.79 Å². The first-order chi connectivity index (χ1) is 17.4. The number of morpholine rings is 1. The van der Waals surface area contributed by atoms with Crippen molar-refractivity contribution in [2.75, 3.05) is 56.7 Å². The summed E-state index contributed by atoms with van der Waals surface area (Å²) in [6.07, 6.45) is 0. The highest BCUT2D eigenvalue weighted by atomic mass is 16.5. The third-order valence-corrected chi connectivity index (χ3v) is 6.64. The van der Waals surface area contributed by atoms with Crippen molar-refractivity contribution in [1.82, 2.24) is 15.0 Å².